The molecule has 1 saturated heterocycles. The molecule has 4 heterocycles. The lowest BCUT2D eigenvalue weighted by Crippen LogP contribution is -2.34. The third-order valence-corrected chi connectivity index (χ3v) is 5.85. The normalized spacial score (nSPS) is 19.7. The molecular weight excluding hydrogens is 411 g/mol. The zero-order valence-corrected chi connectivity index (χ0v) is 16.7. The summed E-state index contributed by atoms with van der Waals surface area (Å²) in [7, 11) is 0. The zero-order chi connectivity index (χ0) is 21.8. The van der Waals surface area contributed by atoms with Crippen molar-refractivity contribution in [3.05, 3.63) is 41.6 Å². The Hall–Kier alpha value is -3.14. The van der Waals surface area contributed by atoms with Crippen LogP contribution in [0.15, 0.2) is 30.5 Å². The maximum atomic E-state index is 13.8. The first kappa shape index (κ1) is 19.8. The number of anilines is 1. The average Bonchev–Trinajstić information content (AvgIpc) is 3.13. The number of benzene rings is 1. The number of rotatable bonds is 2. The van der Waals surface area contributed by atoms with Crippen molar-refractivity contribution in [3.8, 4) is 11.3 Å². The van der Waals surface area contributed by atoms with E-state index in [1.165, 1.54) is 12.3 Å². The molecule has 162 valence electrons. The van der Waals surface area contributed by atoms with E-state index in [2.05, 4.69) is 20.4 Å². The van der Waals surface area contributed by atoms with Crippen molar-refractivity contribution < 1.29 is 22.7 Å². The number of ether oxygens (including phenoxy) is 1. The summed E-state index contributed by atoms with van der Waals surface area (Å²) in [6.45, 7) is 3.62. The minimum Gasteiger partial charge on any atom is -0.431 e. The van der Waals surface area contributed by atoms with Crippen LogP contribution in [-0.2, 0) is 4.74 Å². The van der Waals surface area contributed by atoms with E-state index in [9.17, 15) is 18.0 Å². The van der Waals surface area contributed by atoms with Crippen LogP contribution in [0.4, 0.5) is 23.8 Å². The first-order valence-electron chi connectivity index (χ1n) is 10.1. The highest BCUT2D eigenvalue weighted by Gasteiger charge is 2.49. The minimum atomic E-state index is -4.78. The molecule has 7 nitrogen and oxygen atoms in total. The van der Waals surface area contributed by atoms with Crippen molar-refractivity contribution in [1.29, 1.82) is 0 Å². The maximum absolute atomic E-state index is 13.8. The van der Waals surface area contributed by atoms with E-state index in [4.69, 9.17) is 5.10 Å². The summed E-state index contributed by atoms with van der Waals surface area (Å²) >= 11 is 0. The molecule has 0 unspecified atom stereocenters. The number of pyridine rings is 1. The van der Waals surface area contributed by atoms with Gasteiger partial charge in [-0.25, -0.2) is 9.78 Å². The molecule has 2 aliphatic heterocycles. The van der Waals surface area contributed by atoms with E-state index in [-0.39, 0.29) is 23.0 Å². The third-order valence-electron chi connectivity index (χ3n) is 5.85. The zero-order valence-electron chi connectivity index (χ0n) is 16.7. The topological polar surface area (TPSA) is 81.1 Å². The second kappa shape index (κ2) is 7.23. The van der Waals surface area contributed by atoms with Gasteiger partial charge in [-0.05, 0) is 50.6 Å². The van der Waals surface area contributed by atoms with E-state index in [0.29, 0.717) is 5.69 Å². The largest absolute Gasteiger partial charge is 0.431 e. The highest BCUT2D eigenvalue weighted by molar-refractivity contribution is 5.98. The van der Waals surface area contributed by atoms with Crippen molar-refractivity contribution >= 4 is 22.8 Å². The quantitative estimate of drug-likeness (QED) is 0.625. The molecule has 0 radical (unpaired) electrons. The number of carbonyl (C=O) groups excluding carboxylic acids is 1. The number of hydrogen-bond donors (Lipinski definition) is 2. The Morgan fingerprint density at radius 2 is 1.97 bits per heavy atom. The van der Waals surface area contributed by atoms with Crippen LogP contribution in [0, 0.1) is 6.92 Å². The standard InChI is InChI=1S/C21H20F3N5O2/c1-11-3-2-4-14-15(11)17(28-29(14)12-5-8-25-9-6-12)13-7-10-26-19-16(13)18(21(22,23)24)31-20(30)27-19/h2-4,7,10,12,18,25H,5-6,8-9H2,1H3,(H,26,27,30)/t18-/m1/s1. The Morgan fingerprint density at radius 1 is 1.19 bits per heavy atom. The Morgan fingerprint density at radius 3 is 2.71 bits per heavy atom. The van der Waals surface area contributed by atoms with Gasteiger partial charge in [0, 0.05) is 17.1 Å². The van der Waals surface area contributed by atoms with Crippen LogP contribution < -0.4 is 10.6 Å². The molecule has 2 N–H and O–H groups in total. The number of piperidine rings is 1. The molecule has 3 aromatic rings. The number of cyclic esters (lactones) is 1. The van der Waals surface area contributed by atoms with Crippen molar-refractivity contribution in [1.82, 2.24) is 20.1 Å². The molecule has 1 aromatic carbocycles. The fourth-order valence-electron chi connectivity index (χ4n) is 4.45. The second-order valence-electron chi connectivity index (χ2n) is 7.82. The number of amides is 1. The van der Waals surface area contributed by atoms with Crippen LogP contribution in [0.3, 0.4) is 0 Å². The van der Waals surface area contributed by atoms with Crippen molar-refractivity contribution in [2.24, 2.45) is 0 Å². The lowest BCUT2D eigenvalue weighted by atomic mass is 9.96. The SMILES string of the molecule is Cc1cccc2c1c(-c1ccnc3c1[C@H](C(F)(F)F)OC(=O)N3)nn2C1CCNCC1. The molecule has 0 saturated carbocycles. The number of fused-ring (bicyclic) bond motifs is 2. The lowest BCUT2D eigenvalue weighted by molar-refractivity contribution is -0.206. The summed E-state index contributed by atoms with van der Waals surface area (Å²) in [5, 5.41) is 11.2. The smallest absolute Gasteiger partial charge is 0.430 e. The minimum absolute atomic E-state index is 0.145. The predicted octanol–water partition coefficient (Wildman–Crippen LogP) is 4.50. The molecule has 0 aliphatic carbocycles. The Bertz CT molecular complexity index is 1170. The first-order chi connectivity index (χ1) is 14.8. The monoisotopic (exact) mass is 431 g/mol. The molecular formula is C21H20F3N5O2. The molecule has 0 bridgehead atoms. The number of nitrogens with zero attached hydrogens (tertiary/aromatic N) is 3. The maximum Gasteiger partial charge on any atom is 0.430 e. The summed E-state index contributed by atoms with van der Waals surface area (Å²) in [5.41, 5.74) is 2.23. The average molecular weight is 431 g/mol. The fraction of sp³-hybridized carbons (Fsp3) is 0.381. The van der Waals surface area contributed by atoms with Crippen LogP contribution in [0.25, 0.3) is 22.2 Å². The van der Waals surface area contributed by atoms with E-state index in [1.807, 2.05) is 29.8 Å². The first-order valence-corrected chi connectivity index (χ1v) is 10.1. The van der Waals surface area contributed by atoms with Crippen LogP contribution in [0.2, 0.25) is 0 Å². The van der Waals surface area contributed by atoms with Crippen molar-refractivity contribution in [3.63, 3.8) is 0 Å². The third kappa shape index (κ3) is 3.31. The molecule has 1 atom stereocenters. The lowest BCUT2D eigenvalue weighted by Gasteiger charge is -2.28. The van der Waals surface area contributed by atoms with Gasteiger partial charge in [0.05, 0.1) is 17.1 Å². The van der Waals surface area contributed by atoms with Gasteiger partial charge in [-0.3, -0.25) is 10.00 Å². The Balaban J connectivity index is 1.76. The Labute approximate surface area is 175 Å². The van der Waals surface area contributed by atoms with E-state index in [0.717, 1.165) is 42.4 Å². The van der Waals surface area contributed by atoms with Crippen LogP contribution >= 0.6 is 0 Å². The predicted molar refractivity (Wildman–Crippen MR) is 108 cm³/mol. The second-order valence-corrected chi connectivity index (χ2v) is 7.82. The highest BCUT2D eigenvalue weighted by Crippen LogP contribution is 2.46. The molecule has 1 amide bonds. The van der Waals surface area contributed by atoms with Gasteiger partial charge < -0.3 is 10.1 Å². The summed E-state index contributed by atoms with van der Waals surface area (Å²) in [5.74, 6) is -0.158. The summed E-state index contributed by atoms with van der Waals surface area (Å²) in [4.78, 5) is 15.7. The summed E-state index contributed by atoms with van der Waals surface area (Å²) in [6, 6.07) is 7.41. The van der Waals surface area contributed by atoms with Gasteiger partial charge in [0.1, 0.15) is 11.5 Å². The van der Waals surface area contributed by atoms with E-state index >= 15 is 0 Å². The van der Waals surface area contributed by atoms with Crippen LogP contribution in [0.5, 0.6) is 0 Å². The summed E-state index contributed by atoms with van der Waals surface area (Å²) in [6.07, 6.45) is -5.25. The van der Waals surface area contributed by atoms with E-state index < -0.39 is 18.4 Å². The van der Waals surface area contributed by atoms with Gasteiger partial charge in [0.15, 0.2) is 0 Å². The van der Waals surface area contributed by atoms with Gasteiger partial charge in [0.25, 0.3) is 0 Å². The van der Waals surface area contributed by atoms with Crippen LogP contribution in [0.1, 0.15) is 36.1 Å². The number of nitrogens with one attached hydrogen (secondary N) is 2. The van der Waals surface area contributed by atoms with Gasteiger partial charge in [-0.1, -0.05) is 12.1 Å². The molecule has 0 spiro atoms. The molecule has 5 rings (SSSR count). The summed E-state index contributed by atoms with van der Waals surface area (Å²) < 4.78 is 48.0. The van der Waals surface area contributed by atoms with Gasteiger partial charge >= 0.3 is 12.3 Å². The Kier molecular flexibility index (Phi) is 4.62. The molecule has 10 heteroatoms. The number of aromatic nitrogens is 3. The van der Waals surface area contributed by atoms with Crippen molar-refractivity contribution in [2.45, 2.75) is 38.1 Å². The molecule has 2 aromatic heterocycles. The molecule has 1 fully saturated rings. The number of hydrogen-bond acceptors (Lipinski definition) is 5. The number of carbonyl (C=O) groups is 1. The fourth-order valence-corrected chi connectivity index (χ4v) is 4.45. The number of aryl methyl sites for hydroxylation is 1. The highest BCUT2D eigenvalue weighted by atomic mass is 19.4. The van der Waals surface area contributed by atoms with Gasteiger partial charge in [0.2, 0.25) is 6.10 Å². The van der Waals surface area contributed by atoms with Crippen LogP contribution in [-0.4, -0.2) is 40.1 Å². The van der Waals surface area contributed by atoms with Gasteiger partial charge in [-0.15, -0.1) is 0 Å². The van der Waals surface area contributed by atoms with E-state index in [1.54, 1.807) is 0 Å². The van der Waals surface area contributed by atoms with Gasteiger partial charge in [-0.2, -0.15) is 18.3 Å². The number of halogens is 3. The molecule has 2 aliphatic rings. The molecule has 31 heavy (non-hydrogen) atoms. The van der Waals surface area contributed by atoms with Crippen molar-refractivity contribution in [2.75, 3.05) is 18.4 Å². The number of alkyl halides is 3.